The summed E-state index contributed by atoms with van der Waals surface area (Å²) >= 11 is 0. The molecule has 34 heteroatoms. The third-order valence-corrected chi connectivity index (χ3v) is 17.2. The average Bonchev–Trinajstić information content (AvgIpc) is 0.846. The van der Waals surface area contributed by atoms with E-state index in [2.05, 4.69) is 17.6 Å². The number of ether oxygens (including phenoxy) is 12. The Labute approximate surface area is 526 Å². The maximum absolute atomic E-state index is 12.9. The lowest BCUT2D eigenvalue weighted by molar-refractivity contribution is -0.393. The van der Waals surface area contributed by atoms with Crippen LogP contribution in [0.3, 0.4) is 0 Å². The molecule has 0 saturated carbocycles. The van der Waals surface area contributed by atoms with Crippen LogP contribution in [0.25, 0.3) is 0 Å². The van der Waals surface area contributed by atoms with Crippen LogP contribution in [0.2, 0.25) is 0 Å². The van der Waals surface area contributed by atoms with Crippen molar-refractivity contribution in [1.82, 2.24) is 10.6 Å². The number of unbranched alkanes of at least 4 members (excludes halogenated alkanes) is 11. The van der Waals surface area contributed by atoms with Gasteiger partial charge >= 0.3 is 0 Å². The topological polar surface area (TPSA) is 533 Å². The van der Waals surface area contributed by atoms with Gasteiger partial charge in [-0.15, -0.1) is 0 Å². The van der Waals surface area contributed by atoms with Gasteiger partial charge in [-0.05, 0) is 19.8 Å². The molecule has 0 bridgehead atoms. The van der Waals surface area contributed by atoms with Gasteiger partial charge in [-0.2, -0.15) is 0 Å². The van der Waals surface area contributed by atoms with E-state index in [0.717, 1.165) is 32.6 Å². The number of aliphatic hydroxyl groups excluding tert-OH is 18. The van der Waals surface area contributed by atoms with Gasteiger partial charge in [0.2, 0.25) is 12.3 Å². The minimum Gasteiger partial charge on any atom is -0.394 e. The molecule has 6 aliphatic rings. The summed E-state index contributed by atoms with van der Waals surface area (Å²) in [7, 11) is 0. The summed E-state index contributed by atoms with van der Waals surface area (Å²) in [5.74, 6) is -0.874. The molecule has 34 nitrogen and oxygen atoms in total. The molecule has 20 N–H and O–H groups in total. The van der Waals surface area contributed by atoms with Crippen LogP contribution in [0.5, 0.6) is 0 Å². The van der Waals surface area contributed by atoms with E-state index in [-0.39, 0.29) is 0 Å². The Bertz CT molecular complexity index is 2110. The highest BCUT2D eigenvalue weighted by Crippen LogP contribution is 2.38. The maximum atomic E-state index is 12.9. The number of aliphatic hydroxyl groups is 18. The normalized spacial score (nSPS) is 43.1. The summed E-state index contributed by atoms with van der Waals surface area (Å²) in [6, 6.07) is -2.86. The highest BCUT2D eigenvalue weighted by molar-refractivity contribution is 5.73. The third kappa shape index (κ3) is 20.1. The lowest BCUT2D eigenvalue weighted by atomic mass is 9.94. The van der Waals surface area contributed by atoms with Gasteiger partial charge in [-0.25, -0.2) is 0 Å². The summed E-state index contributed by atoms with van der Waals surface area (Å²) in [5, 5.41) is 202. The summed E-state index contributed by atoms with van der Waals surface area (Å²) < 4.78 is 69.7. The first kappa shape index (κ1) is 77.5. The first-order valence-electron chi connectivity index (χ1n) is 31.3. The predicted molar refractivity (Wildman–Crippen MR) is 302 cm³/mol. The number of rotatable bonds is 35. The van der Waals surface area contributed by atoms with Gasteiger partial charge in [-0.3, -0.25) is 9.59 Å². The fourth-order valence-corrected chi connectivity index (χ4v) is 11.8. The second kappa shape index (κ2) is 37.8. The van der Waals surface area contributed by atoms with Crippen LogP contribution in [0.4, 0.5) is 0 Å². The van der Waals surface area contributed by atoms with Crippen molar-refractivity contribution in [3.63, 3.8) is 0 Å². The van der Waals surface area contributed by atoms with Gasteiger partial charge < -0.3 is 159 Å². The molecule has 6 saturated heterocycles. The summed E-state index contributed by atoms with van der Waals surface area (Å²) in [6.45, 7) is -0.932. The van der Waals surface area contributed by atoms with Gasteiger partial charge in [0.15, 0.2) is 37.7 Å². The van der Waals surface area contributed by atoms with Crippen molar-refractivity contribution in [3.8, 4) is 0 Å². The zero-order chi connectivity index (χ0) is 66.8. The molecule has 6 rings (SSSR count). The van der Waals surface area contributed by atoms with Crippen LogP contribution in [-0.4, -0.2) is 340 Å². The Hall–Kier alpha value is -2.52. The lowest BCUT2D eigenvalue weighted by Gasteiger charge is -2.51. The fourth-order valence-electron chi connectivity index (χ4n) is 11.8. The zero-order valence-corrected chi connectivity index (χ0v) is 51.2. The Morgan fingerprint density at radius 2 is 0.868 bits per heavy atom. The second-order valence-electron chi connectivity index (χ2n) is 23.9. The number of hydrogen-bond donors (Lipinski definition) is 20. The molecule has 6 heterocycles. The minimum absolute atomic E-state index is 0.340. The van der Waals surface area contributed by atoms with Crippen molar-refractivity contribution < 1.29 is 158 Å². The van der Waals surface area contributed by atoms with E-state index in [9.17, 15) is 102 Å². The molecule has 0 aromatic carbocycles. The smallest absolute Gasteiger partial charge is 0.217 e. The van der Waals surface area contributed by atoms with Crippen LogP contribution < -0.4 is 10.6 Å². The molecule has 6 aliphatic heterocycles. The first-order chi connectivity index (χ1) is 43.5. The predicted octanol–water partition coefficient (Wildman–Crippen LogP) is -8.17. The van der Waals surface area contributed by atoms with Gasteiger partial charge in [0.1, 0.15) is 140 Å². The number of carbonyl (C=O) groups excluding carboxylic acids is 2. The van der Waals surface area contributed by atoms with Gasteiger partial charge in [-0.1, -0.05) is 83.3 Å². The molecule has 0 aromatic rings. The maximum Gasteiger partial charge on any atom is 0.217 e. The van der Waals surface area contributed by atoms with Gasteiger partial charge in [0, 0.05) is 6.92 Å². The van der Waals surface area contributed by atoms with Gasteiger partial charge in [0.05, 0.1) is 57.9 Å². The van der Waals surface area contributed by atoms with Crippen LogP contribution in [0, 0.1) is 0 Å². The van der Waals surface area contributed by atoms with Gasteiger partial charge in [0.25, 0.3) is 0 Å². The monoisotopic (exact) mass is 1320 g/mol. The van der Waals surface area contributed by atoms with E-state index in [1.807, 2.05) is 0 Å². The molecule has 2 amide bonds. The number of allylic oxidation sites excluding steroid dienone is 1. The molecule has 0 aromatic heterocycles. The highest BCUT2D eigenvalue weighted by atomic mass is 16.8. The molecule has 91 heavy (non-hydrogen) atoms. The van der Waals surface area contributed by atoms with E-state index < -0.39 is 242 Å². The van der Waals surface area contributed by atoms with Crippen molar-refractivity contribution in [2.45, 2.75) is 294 Å². The van der Waals surface area contributed by atoms with Crippen LogP contribution in [0.1, 0.15) is 97.8 Å². The quantitative estimate of drug-likeness (QED) is 0.0159. The van der Waals surface area contributed by atoms with Crippen molar-refractivity contribution in [2.75, 3.05) is 39.6 Å². The number of hydrogen-bond acceptors (Lipinski definition) is 32. The fraction of sp³-hybridized carbons (Fsp3) is 0.930. The van der Waals surface area contributed by atoms with E-state index in [0.29, 0.717) is 12.8 Å². The lowest BCUT2D eigenvalue weighted by Crippen LogP contribution is -2.70. The van der Waals surface area contributed by atoms with Crippen molar-refractivity contribution >= 4 is 12.3 Å². The minimum atomic E-state index is -2.25. The van der Waals surface area contributed by atoms with E-state index >= 15 is 0 Å². The Morgan fingerprint density at radius 1 is 0.451 bits per heavy atom. The third-order valence-electron chi connectivity index (χ3n) is 17.2. The van der Waals surface area contributed by atoms with E-state index in [1.165, 1.54) is 57.9 Å². The van der Waals surface area contributed by atoms with E-state index in [1.54, 1.807) is 6.08 Å². The molecule has 0 spiro atoms. The molecule has 530 valence electrons. The van der Waals surface area contributed by atoms with Crippen LogP contribution >= 0.6 is 0 Å². The van der Waals surface area contributed by atoms with Crippen molar-refractivity contribution in [3.05, 3.63) is 12.2 Å². The zero-order valence-electron chi connectivity index (χ0n) is 51.2. The molecule has 6 fully saturated rings. The molecule has 0 unspecified atom stereocenters. The summed E-state index contributed by atoms with van der Waals surface area (Å²) in [4.78, 5) is 24.4. The first-order valence-corrected chi connectivity index (χ1v) is 31.3. The average molecular weight is 1330 g/mol. The van der Waals surface area contributed by atoms with Crippen molar-refractivity contribution in [1.29, 1.82) is 0 Å². The highest BCUT2D eigenvalue weighted by Gasteiger charge is 2.58. The van der Waals surface area contributed by atoms with Crippen molar-refractivity contribution in [2.24, 2.45) is 0 Å². The largest absolute Gasteiger partial charge is 0.394 e. The molecular weight excluding hydrogens is 1220 g/mol. The Kier molecular flexibility index (Phi) is 32.2. The molecule has 0 radical (unpaired) electrons. The molecule has 32 atom stereocenters. The second-order valence-corrected chi connectivity index (χ2v) is 23.9. The Balaban J connectivity index is 1.09. The standard InChI is InChI=1S/C57H100N2O32/c1-4-5-6-7-8-9-10-11-12-13-14-15-16-17-28(67)27(58-24-65)23-80-53-44(77)41(74)47(32(21-63)85-53)87-55-45(78)42(75)48(33(22-64)86-55)88-56-46(79)50(38(71)31(20-62)83-56)90-52-34(59-26(3)66)49(37(70)30(19-61)82-52)89-57-51(40(73)36(69)29(18-60)84-57)91-54-43(76)39(72)35(68)25(2)81-54/h16-17,24-25,27-57,60-64,67-79H,4-15,18-23H2,1-3H3,(H,58,65)(H,59,66)/b17-16+/t25-,27-,28+,29+,30+,31+,32+,33+,34+,35+,36-,37-,38-,39+,40-,41+,42+,43-,44+,45+,46+,47+,48-,49+,50-,51+,52-,53+,54-,55-,56+,57-/m0/s1. The summed E-state index contributed by atoms with van der Waals surface area (Å²) in [6.07, 6.45) is -39.0. The molecular formula is C57H100N2O32. The Morgan fingerprint density at radius 3 is 1.42 bits per heavy atom. The van der Waals surface area contributed by atoms with E-state index in [4.69, 9.17) is 56.8 Å². The molecule has 0 aliphatic carbocycles. The summed E-state index contributed by atoms with van der Waals surface area (Å²) in [5.41, 5.74) is 0. The number of amides is 2. The van der Waals surface area contributed by atoms with Crippen LogP contribution in [-0.2, 0) is 66.4 Å². The SMILES string of the molecule is CCCCCCCCCCCCC/C=C/[C@@H](O)[C@H](CO[C@@H]1O[C@H](CO)[C@@H](O[C@@H]2O[C@H](CO)[C@H](O[C@H]3O[C@H](CO)[C@H](O)[C@H](O[C@@H]4O[C@H](CO)[C@H](O)[C@H](O[C@@H]5O[C@H](CO)[C@H](O)[C@H](O)[C@H]5O[C@@H]5O[C@@H](C)[C@@H](O)[C@@H](O)[C@@H]5O)[C@H]4NC(C)=O)[C@H]3O)[C@H](O)[C@H]2O)[C@H](O)[C@H]1O)NC=O. The number of carbonyl (C=O) groups is 2. The van der Waals surface area contributed by atoms with Crippen LogP contribution in [0.15, 0.2) is 12.2 Å². The number of nitrogens with one attached hydrogen (secondary N) is 2.